The van der Waals surface area contributed by atoms with Gasteiger partial charge in [0.25, 0.3) is 0 Å². The highest BCUT2D eigenvalue weighted by molar-refractivity contribution is 7.74. The minimum Gasteiger partial charge on any atom is -0.497 e. The van der Waals surface area contributed by atoms with Crippen LogP contribution in [0.15, 0.2) is 103 Å². The van der Waals surface area contributed by atoms with Crippen molar-refractivity contribution in [2.24, 2.45) is 0 Å². The van der Waals surface area contributed by atoms with Crippen LogP contribution in [0.1, 0.15) is 16.7 Å². The van der Waals surface area contributed by atoms with Gasteiger partial charge in [-0.05, 0) is 60.2 Å². The summed E-state index contributed by atoms with van der Waals surface area (Å²) in [5.74, 6) is 2.09. The zero-order chi connectivity index (χ0) is 22.8. The van der Waals surface area contributed by atoms with Crippen LogP contribution in [0.2, 0.25) is 0 Å². The maximum absolute atomic E-state index is 14.5. The van der Waals surface area contributed by atoms with Crippen LogP contribution in [0.25, 0.3) is 11.3 Å². The number of methoxy groups -OCH3 is 2. The molecule has 0 N–H and O–H groups in total. The molecular weight excluding hydrogens is 431 g/mol. The molecule has 1 aliphatic rings. The quantitative estimate of drug-likeness (QED) is 0.353. The van der Waals surface area contributed by atoms with Crippen molar-refractivity contribution in [1.82, 2.24) is 0 Å². The lowest BCUT2D eigenvalue weighted by molar-refractivity contribution is 0.414. The van der Waals surface area contributed by atoms with Gasteiger partial charge in [-0.2, -0.15) is 0 Å². The van der Waals surface area contributed by atoms with E-state index in [1.807, 2.05) is 103 Å². The van der Waals surface area contributed by atoms with Crippen molar-refractivity contribution < 1.29 is 18.6 Å². The summed E-state index contributed by atoms with van der Waals surface area (Å²) in [5.41, 5.74) is 3.56. The van der Waals surface area contributed by atoms with E-state index in [-0.39, 0.29) is 0 Å². The van der Waals surface area contributed by atoms with Crippen molar-refractivity contribution in [1.29, 1.82) is 0 Å². The number of hydrogen-bond acceptors (Lipinski definition) is 4. The van der Waals surface area contributed by atoms with E-state index in [0.717, 1.165) is 33.8 Å². The van der Waals surface area contributed by atoms with E-state index in [2.05, 4.69) is 0 Å². The second-order valence-electron chi connectivity index (χ2n) is 7.66. The molecule has 0 amide bonds. The summed E-state index contributed by atoms with van der Waals surface area (Å²) in [6.07, 6.45) is 0. The van der Waals surface area contributed by atoms with Crippen molar-refractivity contribution in [2.75, 3.05) is 14.2 Å². The Morgan fingerprint density at radius 2 is 1.18 bits per heavy atom. The van der Waals surface area contributed by atoms with Crippen LogP contribution in [-0.4, -0.2) is 14.2 Å². The van der Waals surface area contributed by atoms with Crippen LogP contribution in [0, 0.1) is 0 Å². The molecule has 0 aliphatic carbocycles. The molecule has 1 heterocycles. The molecule has 0 radical (unpaired) electrons. The van der Waals surface area contributed by atoms with E-state index in [9.17, 15) is 4.57 Å². The van der Waals surface area contributed by atoms with E-state index < -0.39 is 7.37 Å². The summed E-state index contributed by atoms with van der Waals surface area (Å²) in [4.78, 5) is 0. The number of fused-ring (bicyclic) bond motifs is 1. The maximum atomic E-state index is 14.5. The summed E-state index contributed by atoms with van der Waals surface area (Å²) in [7, 11) is -0.105. The number of hydrogen-bond donors (Lipinski definition) is 0. The molecule has 0 spiro atoms. The molecule has 4 aromatic rings. The second kappa shape index (κ2) is 8.65. The fourth-order valence-corrected chi connectivity index (χ4v) is 6.37. The summed E-state index contributed by atoms with van der Waals surface area (Å²) < 4.78 is 31.8. The second-order valence-corrected chi connectivity index (χ2v) is 9.94. The van der Waals surface area contributed by atoms with Gasteiger partial charge in [0.15, 0.2) is 0 Å². The molecule has 0 bridgehead atoms. The van der Waals surface area contributed by atoms with E-state index in [1.54, 1.807) is 14.2 Å². The van der Waals surface area contributed by atoms with Crippen molar-refractivity contribution in [3.05, 3.63) is 120 Å². The third kappa shape index (κ3) is 3.73. The fourth-order valence-electron chi connectivity index (χ4n) is 4.09. The smallest absolute Gasteiger partial charge is 0.307 e. The predicted octanol–water partition coefficient (Wildman–Crippen LogP) is 5.88. The van der Waals surface area contributed by atoms with Gasteiger partial charge in [-0.15, -0.1) is 0 Å². The van der Waals surface area contributed by atoms with Crippen LogP contribution in [-0.2, 0) is 9.09 Å². The van der Waals surface area contributed by atoms with E-state index in [0.29, 0.717) is 16.4 Å². The number of benzene rings is 4. The topological polar surface area (TPSA) is 44.8 Å². The predicted molar refractivity (Wildman–Crippen MR) is 133 cm³/mol. The Balaban J connectivity index is 1.80. The fraction of sp³-hybridized carbons (Fsp3) is 0.0714. The Kier molecular flexibility index (Phi) is 5.53. The molecule has 1 unspecified atom stereocenters. The molecule has 5 heteroatoms. The maximum Gasteiger partial charge on any atom is 0.307 e. The average molecular weight is 454 g/mol. The van der Waals surface area contributed by atoms with Crippen molar-refractivity contribution in [3.8, 4) is 11.5 Å². The SMILES string of the molecule is COc1ccc(C2=C(c3ccc(OC)cc3)c3ccccc3P(=O)(c3ccccc3)O2)cc1. The van der Waals surface area contributed by atoms with Crippen molar-refractivity contribution >= 4 is 29.3 Å². The largest absolute Gasteiger partial charge is 0.497 e. The highest BCUT2D eigenvalue weighted by atomic mass is 31.2. The molecule has 164 valence electrons. The van der Waals surface area contributed by atoms with Gasteiger partial charge in [0, 0.05) is 16.7 Å². The third-order valence-electron chi connectivity index (χ3n) is 5.76. The number of ether oxygens (including phenoxy) is 2. The van der Waals surface area contributed by atoms with Crippen LogP contribution in [0.5, 0.6) is 11.5 Å². The standard InChI is InChI=1S/C28H23O4P/c1-30-22-16-12-20(13-17-22)27-25-10-6-7-11-26(25)33(29,24-8-4-3-5-9-24)32-28(27)21-14-18-23(31-2)19-15-21/h3-19H,1-2H3. The number of rotatable bonds is 5. The van der Waals surface area contributed by atoms with E-state index in [4.69, 9.17) is 14.0 Å². The van der Waals surface area contributed by atoms with Crippen molar-refractivity contribution in [3.63, 3.8) is 0 Å². The monoisotopic (exact) mass is 454 g/mol. The minimum atomic E-state index is -3.38. The lowest BCUT2D eigenvalue weighted by Crippen LogP contribution is -2.25. The molecule has 1 atom stereocenters. The highest BCUT2D eigenvalue weighted by Crippen LogP contribution is 2.56. The normalized spacial score (nSPS) is 17.2. The van der Waals surface area contributed by atoms with Gasteiger partial charge < -0.3 is 14.0 Å². The molecule has 0 fully saturated rings. The molecule has 1 aliphatic heterocycles. The van der Waals surface area contributed by atoms with Gasteiger partial charge in [-0.3, -0.25) is 4.57 Å². The molecule has 33 heavy (non-hydrogen) atoms. The molecule has 4 nitrogen and oxygen atoms in total. The Bertz CT molecular complexity index is 1360. The minimum absolute atomic E-state index is 0.578. The van der Waals surface area contributed by atoms with Gasteiger partial charge >= 0.3 is 7.37 Å². The van der Waals surface area contributed by atoms with Gasteiger partial charge in [0.1, 0.15) is 17.3 Å². The van der Waals surface area contributed by atoms with Gasteiger partial charge in [-0.25, -0.2) is 0 Å². The van der Waals surface area contributed by atoms with Crippen LogP contribution >= 0.6 is 7.37 Å². The Labute approximate surface area is 193 Å². The van der Waals surface area contributed by atoms with Gasteiger partial charge in [-0.1, -0.05) is 48.5 Å². The van der Waals surface area contributed by atoms with Crippen LogP contribution < -0.4 is 20.1 Å². The summed E-state index contributed by atoms with van der Waals surface area (Å²) in [6, 6.07) is 32.6. The lowest BCUT2D eigenvalue weighted by atomic mass is 9.94. The van der Waals surface area contributed by atoms with Crippen LogP contribution in [0.4, 0.5) is 0 Å². The molecule has 0 saturated carbocycles. The molecule has 4 aromatic carbocycles. The summed E-state index contributed by atoms with van der Waals surface area (Å²) >= 11 is 0. The Morgan fingerprint density at radius 3 is 1.79 bits per heavy atom. The van der Waals surface area contributed by atoms with E-state index >= 15 is 0 Å². The zero-order valence-corrected chi connectivity index (χ0v) is 19.3. The van der Waals surface area contributed by atoms with Crippen LogP contribution in [0.3, 0.4) is 0 Å². The molecule has 5 rings (SSSR count). The average Bonchev–Trinajstić information content (AvgIpc) is 2.89. The third-order valence-corrected chi connectivity index (χ3v) is 8.21. The Morgan fingerprint density at radius 1 is 0.636 bits per heavy atom. The lowest BCUT2D eigenvalue weighted by Gasteiger charge is -2.31. The summed E-state index contributed by atoms with van der Waals surface area (Å²) in [6.45, 7) is 0. The van der Waals surface area contributed by atoms with Crippen molar-refractivity contribution in [2.45, 2.75) is 0 Å². The van der Waals surface area contributed by atoms with Gasteiger partial charge in [0.2, 0.25) is 0 Å². The first kappa shape index (κ1) is 21.1. The first-order valence-corrected chi connectivity index (χ1v) is 12.2. The summed E-state index contributed by atoms with van der Waals surface area (Å²) in [5, 5.41) is 1.36. The highest BCUT2D eigenvalue weighted by Gasteiger charge is 2.39. The molecule has 0 saturated heterocycles. The first-order chi connectivity index (χ1) is 16.1. The zero-order valence-electron chi connectivity index (χ0n) is 18.4. The Hall–Kier alpha value is -3.75. The van der Waals surface area contributed by atoms with Gasteiger partial charge in [0.05, 0.1) is 24.8 Å². The molecule has 0 aromatic heterocycles. The molecular formula is C28H23O4P. The first-order valence-electron chi connectivity index (χ1n) is 10.6. The van der Waals surface area contributed by atoms with E-state index in [1.165, 1.54) is 0 Å².